The van der Waals surface area contributed by atoms with Crippen molar-refractivity contribution in [2.24, 2.45) is 5.92 Å². The van der Waals surface area contributed by atoms with Crippen LogP contribution in [0.15, 0.2) is 36.5 Å². The van der Waals surface area contributed by atoms with E-state index < -0.39 is 0 Å². The number of rotatable bonds is 5. The highest BCUT2D eigenvalue weighted by Gasteiger charge is 2.20. The molecule has 3 aromatic rings. The average molecular weight is 377 g/mol. The lowest BCUT2D eigenvalue weighted by Gasteiger charge is -2.32. The summed E-state index contributed by atoms with van der Waals surface area (Å²) in [7, 11) is 0. The Kier molecular flexibility index (Phi) is 5.28. The van der Waals surface area contributed by atoms with Gasteiger partial charge in [-0.05, 0) is 43.7 Å². The average Bonchev–Trinajstić information content (AvgIpc) is 3.11. The number of nitrogens with one attached hydrogen (secondary N) is 2. The van der Waals surface area contributed by atoms with Gasteiger partial charge in [-0.15, -0.1) is 0 Å². The Morgan fingerprint density at radius 3 is 3.04 bits per heavy atom. The van der Waals surface area contributed by atoms with E-state index in [2.05, 4.69) is 44.2 Å². The number of carbonyl (C=O) groups is 1. The predicted octanol–water partition coefficient (Wildman–Crippen LogP) is 3.48. The van der Waals surface area contributed by atoms with Crippen LogP contribution in [0.5, 0.6) is 0 Å². The summed E-state index contributed by atoms with van der Waals surface area (Å²) in [4.78, 5) is 27.1. The first-order valence-electron chi connectivity index (χ1n) is 10.0. The lowest BCUT2D eigenvalue weighted by molar-refractivity contribution is 0.0948. The summed E-state index contributed by atoms with van der Waals surface area (Å²) in [6.45, 7) is 6.65. The third-order valence-electron chi connectivity index (χ3n) is 5.39. The molecule has 3 heterocycles. The quantitative estimate of drug-likeness (QED) is 0.714. The molecule has 0 spiro atoms. The SMILES string of the molecule is Cc1nc(C(=O)NCCc2c[nH]c3ccccc23)cc(N2CCCC(C)C2)n1. The van der Waals surface area contributed by atoms with Gasteiger partial charge in [0, 0.05) is 42.8 Å². The second kappa shape index (κ2) is 8.00. The third kappa shape index (κ3) is 4.01. The van der Waals surface area contributed by atoms with E-state index in [-0.39, 0.29) is 5.91 Å². The van der Waals surface area contributed by atoms with Gasteiger partial charge in [0.2, 0.25) is 0 Å². The lowest BCUT2D eigenvalue weighted by Crippen LogP contribution is -2.35. The molecule has 2 aromatic heterocycles. The zero-order valence-corrected chi connectivity index (χ0v) is 16.5. The molecule has 1 aliphatic heterocycles. The molecular weight excluding hydrogens is 350 g/mol. The maximum absolute atomic E-state index is 12.7. The highest BCUT2D eigenvalue weighted by molar-refractivity contribution is 5.93. The first-order valence-corrected chi connectivity index (χ1v) is 10.0. The Balaban J connectivity index is 1.41. The van der Waals surface area contributed by atoms with Crippen molar-refractivity contribution in [3.8, 4) is 0 Å². The Bertz CT molecular complexity index is 980. The number of aromatic amines is 1. The molecule has 28 heavy (non-hydrogen) atoms. The molecule has 2 N–H and O–H groups in total. The fraction of sp³-hybridized carbons (Fsp3) is 0.409. The van der Waals surface area contributed by atoms with Crippen molar-refractivity contribution in [2.45, 2.75) is 33.1 Å². The van der Waals surface area contributed by atoms with E-state index in [0.29, 0.717) is 24.0 Å². The van der Waals surface area contributed by atoms with Gasteiger partial charge >= 0.3 is 0 Å². The number of piperidine rings is 1. The lowest BCUT2D eigenvalue weighted by atomic mass is 10.0. The van der Waals surface area contributed by atoms with Crippen LogP contribution >= 0.6 is 0 Å². The number of hydrogen-bond donors (Lipinski definition) is 2. The Labute approximate surface area is 165 Å². The van der Waals surface area contributed by atoms with Gasteiger partial charge in [0.1, 0.15) is 17.3 Å². The van der Waals surface area contributed by atoms with Crippen LogP contribution in [0.1, 0.15) is 41.6 Å². The smallest absolute Gasteiger partial charge is 0.270 e. The van der Waals surface area contributed by atoms with Crippen LogP contribution < -0.4 is 10.2 Å². The molecule has 1 amide bonds. The third-order valence-corrected chi connectivity index (χ3v) is 5.39. The summed E-state index contributed by atoms with van der Waals surface area (Å²) in [5.74, 6) is 2.01. The molecular formula is C22H27N5O. The molecule has 0 bridgehead atoms. The van der Waals surface area contributed by atoms with Crippen molar-refractivity contribution in [2.75, 3.05) is 24.5 Å². The number of aryl methyl sites for hydroxylation is 1. The summed E-state index contributed by atoms with van der Waals surface area (Å²) < 4.78 is 0. The van der Waals surface area contributed by atoms with E-state index in [0.717, 1.165) is 37.3 Å². The number of para-hydroxylation sites is 1. The van der Waals surface area contributed by atoms with E-state index in [9.17, 15) is 4.79 Å². The molecule has 6 heteroatoms. The first kappa shape index (κ1) is 18.5. The number of fused-ring (bicyclic) bond motifs is 1. The molecule has 1 saturated heterocycles. The van der Waals surface area contributed by atoms with Gasteiger partial charge in [-0.25, -0.2) is 9.97 Å². The minimum Gasteiger partial charge on any atom is -0.361 e. The number of hydrogen-bond acceptors (Lipinski definition) is 4. The van der Waals surface area contributed by atoms with Gasteiger partial charge in [-0.3, -0.25) is 4.79 Å². The largest absolute Gasteiger partial charge is 0.361 e. The van der Waals surface area contributed by atoms with Crippen LogP contribution in [0.25, 0.3) is 10.9 Å². The normalized spacial score (nSPS) is 17.1. The molecule has 1 aliphatic rings. The minimum absolute atomic E-state index is 0.142. The minimum atomic E-state index is -0.142. The van der Waals surface area contributed by atoms with E-state index >= 15 is 0 Å². The van der Waals surface area contributed by atoms with Gasteiger partial charge < -0.3 is 15.2 Å². The van der Waals surface area contributed by atoms with Gasteiger partial charge in [-0.2, -0.15) is 0 Å². The van der Waals surface area contributed by atoms with E-state index in [1.165, 1.54) is 17.4 Å². The molecule has 6 nitrogen and oxygen atoms in total. The molecule has 1 aromatic carbocycles. The van der Waals surface area contributed by atoms with Crippen molar-refractivity contribution in [3.05, 3.63) is 53.6 Å². The molecule has 1 atom stereocenters. The summed E-state index contributed by atoms with van der Waals surface area (Å²) in [6.07, 6.45) is 5.20. The van der Waals surface area contributed by atoms with Crippen LogP contribution in [-0.2, 0) is 6.42 Å². The summed E-state index contributed by atoms with van der Waals surface area (Å²) in [5, 5.41) is 4.21. The topological polar surface area (TPSA) is 73.9 Å². The van der Waals surface area contributed by atoms with Crippen molar-refractivity contribution >= 4 is 22.6 Å². The fourth-order valence-corrected chi connectivity index (χ4v) is 3.97. The maximum atomic E-state index is 12.7. The highest BCUT2D eigenvalue weighted by Crippen LogP contribution is 2.22. The molecule has 4 rings (SSSR count). The van der Waals surface area contributed by atoms with Crippen molar-refractivity contribution < 1.29 is 4.79 Å². The number of H-pyrrole nitrogens is 1. The van der Waals surface area contributed by atoms with Crippen LogP contribution in [0.4, 0.5) is 5.82 Å². The zero-order chi connectivity index (χ0) is 19.5. The fourth-order valence-electron chi connectivity index (χ4n) is 3.97. The van der Waals surface area contributed by atoms with Crippen LogP contribution in [-0.4, -0.2) is 40.5 Å². The number of amides is 1. The maximum Gasteiger partial charge on any atom is 0.270 e. The van der Waals surface area contributed by atoms with Gasteiger partial charge in [0.05, 0.1) is 0 Å². The van der Waals surface area contributed by atoms with Gasteiger partial charge in [0.15, 0.2) is 0 Å². The molecule has 0 aliphatic carbocycles. The van der Waals surface area contributed by atoms with Crippen molar-refractivity contribution in [3.63, 3.8) is 0 Å². The van der Waals surface area contributed by atoms with Gasteiger partial charge in [-0.1, -0.05) is 25.1 Å². The molecule has 0 radical (unpaired) electrons. The molecule has 1 fully saturated rings. The van der Waals surface area contributed by atoms with E-state index in [4.69, 9.17) is 0 Å². The van der Waals surface area contributed by atoms with Crippen LogP contribution in [0, 0.1) is 12.8 Å². The molecule has 1 unspecified atom stereocenters. The number of aromatic nitrogens is 3. The summed E-state index contributed by atoms with van der Waals surface area (Å²) in [5.41, 5.74) is 2.77. The van der Waals surface area contributed by atoms with Crippen molar-refractivity contribution in [1.82, 2.24) is 20.3 Å². The van der Waals surface area contributed by atoms with Gasteiger partial charge in [0.25, 0.3) is 5.91 Å². The first-order chi connectivity index (χ1) is 13.6. The summed E-state index contributed by atoms with van der Waals surface area (Å²) in [6, 6.07) is 10.0. The van der Waals surface area contributed by atoms with Crippen LogP contribution in [0.3, 0.4) is 0 Å². The molecule has 146 valence electrons. The Morgan fingerprint density at radius 1 is 1.32 bits per heavy atom. The van der Waals surface area contributed by atoms with Crippen molar-refractivity contribution in [1.29, 1.82) is 0 Å². The number of nitrogens with zero attached hydrogens (tertiary/aromatic N) is 3. The van der Waals surface area contributed by atoms with E-state index in [1.807, 2.05) is 31.3 Å². The Morgan fingerprint density at radius 2 is 2.18 bits per heavy atom. The zero-order valence-electron chi connectivity index (χ0n) is 16.5. The molecule has 0 saturated carbocycles. The number of anilines is 1. The second-order valence-corrected chi connectivity index (χ2v) is 7.72. The van der Waals surface area contributed by atoms with E-state index in [1.54, 1.807) is 0 Å². The number of benzene rings is 1. The number of carbonyl (C=O) groups excluding carboxylic acids is 1. The predicted molar refractivity (Wildman–Crippen MR) is 112 cm³/mol. The second-order valence-electron chi connectivity index (χ2n) is 7.72. The highest BCUT2D eigenvalue weighted by atomic mass is 16.1. The Hall–Kier alpha value is -2.89. The summed E-state index contributed by atoms with van der Waals surface area (Å²) >= 11 is 0. The van der Waals surface area contributed by atoms with Crippen LogP contribution in [0.2, 0.25) is 0 Å². The standard InChI is InChI=1S/C22H27N5O/c1-15-6-5-11-27(14-15)21-12-20(25-16(2)26-21)22(28)23-10-9-17-13-24-19-8-4-3-7-18(17)19/h3-4,7-8,12-13,15,24H,5-6,9-11,14H2,1-2H3,(H,23,28). The monoisotopic (exact) mass is 377 g/mol.